The fourth-order valence-corrected chi connectivity index (χ4v) is 2.53. The molecule has 0 radical (unpaired) electrons. The molecule has 1 amide bonds. The number of alkyl carbamates (subject to hydrolysis) is 1. The molecular formula is C23H27F2NO5. The molecular weight excluding hydrogens is 408 g/mol. The van der Waals surface area contributed by atoms with Gasteiger partial charge < -0.3 is 19.5 Å². The summed E-state index contributed by atoms with van der Waals surface area (Å²) in [5, 5.41) is 2.48. The number of esters is 1. The van der Waals surface area contributed by atoms with E-state index in [1.54, 1.807) is 39.8 Å². The van der Waals surface area contributed by atoms with E-state index in [0.717, 1.165) is 0 Å². The summed E-state index contributed by atoms with van der Waals surface area (Å²) in [5.74, 6) is -1.50. The molecule has 0 aliphatic heterocycles. The Bertz CT molecular complexity index is 863. The van der Waals surface area contributed by atoms with E-state index < -0.39 is 35.6 Å². The number of carbonyl (C=O) groups excluding carboxylic acids is 2. The zero-order chi connectivity index (χ0) is 23.0. The molecule has 0 bridgehead atoms. The molecule has 1 N–H and O–H groups in total. The largest absolute Gasteiger partial charge is 0.459 e. The Morgan fingerprint density at radius 1 is 0.903 bits per heavy atom. The van der Waals surface area contributed by atoms with E-state index in [0.29, 0.717) is 11.1 Å². The van der Waals surface area contributed by atoms with Crippen LogP contribution in [0.5, 0.6) is 0 Å². The van der Waals surface area contributed by atoms with Crippen molar-refractivity contribution in [1.82, 2.24) is 5.32 Å². The van der Waals surface area contributed by atoms with Gasteiger partial charge in [-0.2, -0.15) is 0 Å². The molecule has 0 aliphatic carbocycles. The van der Waals surface area contributed by atoms with Gasteiger partial charge in [-0.05, 0) is 63.1 Å². The maximum Gasteiger partial charge on any atom is 0.408 e. The predicted octanol–water partition coefficient (Wildman–Crippen LogP) is 4.51. The van der Waals surface area contributed by atoms with Gasteiger partial charge in [0.25, 0.3) is 0 Å². The Labute approximate surface area is 180 Å². The van der Waals surface area contributed by atoms with Gasteiger partial charge in [0.1, 0.15) is 23.8 Å². The first-order chi connectivity index (χ1) is 14.5. The van der Waals surface area contributed by atoms with Crippen molar-refractivity contribution in [1.29, 1.82) is 0 Å². The summed E-state index contributed by atoms with van der Waals surface area (Å²) in [5.41, 5.74) is 0.528. The second kappa shape index (κ2) is 10.9. The molecule has 2 rings (SSSR count). The third-order valence-electron chi connectivity index (χ3n) is 4.12. The summed E-state index contributed by atoms with van der Waals surface area (Å²) in [6.45, 7) is 6.69. The Morgan fingerprint density at radius 2 is 1.39 bits per heavy atom. The van der Waals surface area contributed by atoms with E-state index >= 15 is 0 Å². The lowest BCUT2D eigenvalue weighted by Crippen LogP contribution is -2.50. The average molecular weight is 435 g/mol. The van der Waals surface area contributed by atoms with Crippen molar-refractivity contribution in [2.75, 3.05) is 0 Å². The minimum absolute atomic E-state index is 0.0964. The quantitative estimate of drug-likeness (QED) is 0.618. The highest BCUT2D eigenvalue weighted by molar-refractivity contribution is 5.82. The van der Waals surface area contributed by atoms with Crippen molar-refractivity contribution in [3.05, 3.63) is 71.3 Å². The van der Waals surface area contributed by atoms with E-state index in [9.17, 15) is 18.4 Å². The highest BCUT2D eigenvalue weighted by atomic mass is 19.1. The van der Waals surface area contributed by atoms with Crippen LogP contribution >= 0.6 is 0 Å². The molecule has 0 heterocycles. The summed E-state index contributed by atoms with van der Waals surface area (Å²) in [6.07, 6.45) is -1.58. The molecule has 31 heavy (non-hydrogen) atoms. The molecule has 2 aromatic carbocycles. The molecule has 8 heteroatoms. The number of ether oxygens (including phenoxy) is 3. The Hall–Kier alpha value is -3.00. The second-order valence-corrected chi connectivity index (χ2v) is 8.00. The van der Waals surface area contributed by atoms with Crippen LogP contribution in [0.15, 0.2) is 48.5 Å². The maximum absolute atomic E-state index is 13.1. The third-order valence-corrected chi connectivity index (χ3v) is 4.12. The fourth-order valence-electron chi connectivity index (χ4n) is 2.53. The van der Waals surface area contributed by atoms with Gasteiger partial charge in [-0.15, -0.1) is 0 Å². The number of benzene rings is 2. The highest BCUT2D eigenvalue weighted by Crippen LogP contribution is 2.12. The Morgan fingerprint density at radius 3 is 1.87 bits per heavy atom. The van der Waals surface area contributed by atoms with Crippen molar-refractivity contribution in [2.45, 2.75) is 58.7 Å². The maximum atomic E-state index is 13.1. The first kappa shape index (κ1) is 24.3. The van der Waals surface area contributed by atoms with Crippen molar-refractivity contribution < 1.29 is 32.6 Å². The summed E-state index contributed by atoms with van der Waals surface area (Å²) in [7, 11) is 0. The molecule has 168 valence electrons. The van der Waals surface area contributed by atoms with E-state index in [-0.39, 0.29) is 19.0 Å². The number of hydrogen-bond acceptors (Lipinski definition) is 5. The zero-order valence-corrected chi connectivity index (χ0v) is 18.0. The van der Waals surface area contributed by atoms with E-state index in [1.807, 2.05) is 0 Å². The molecule has 6 nitrogen and oxygen atoms in total. The first-order valence-electron chi connectivity index (χ1n) is 9.80. The molecule has 0 aliphatic rings. The molecule has 2 aromatic rings. The SMILES string of the molecule is C[C@H](OCc1ccc(F)cc1)[C@H](NC(=O)OC(C)(C)C)C(=O)OCc1ccc(F)cc1. The smallest absolute Gasteiger partial charge is 0.408 e. The summed E-state index contributed by atoms with van der Waals surface area (Å²) >= 11 is 0. The van der Waals surface area contributed by atoms with Crippen LogP contribution in [0.2, 0.25) is 0 Å². The molecule has 0 fully saturated rings. The lowest BCUT2D eigenvalue weighted by atomic mass is 10.1. The van der Waals surface area contributed by atoms with Crippen LogP contribution in [0, 0.1) is 11.6 Å². The van der Waals surface area contributed by atoms with Gasteiger partial charge >= 0.3 is 12.1 Å². The van der Waals surface area contributed by atoms with Gasteiger partial charge in [-0.3, -0.25) is 0 Å². The van der Waals surface area contributed by atoms with Crippen molar-refractivity contribution in [2.24, 2.45) is 0 Å². The van der Waals surface area contributed by atoms with E-state index in [2.05, 4.69) is 5.32 Å². The van der Waals surface area contributed by atoms with Crippen LogP contribution in [0.25, 0.3) is 0 Å². The summed E-state index contributed by atoms with van der Waals surface area (Å²) in [6, 6.07) is 10.1. The van der Waals surface area contributed by atoms with E-state index in [4.69, 9.17) is 14.2 Å². The predicted molar refractivity (Wildman–Crippen MR) is 110 cm³/mol. The summed E-state index contributed by atoms with van der Waals surface area (Å²) < 4.78 is 42.3. The summed E-state index contributed by atoms with van der Waals surface area (Å²) in [4.78, 5) is 24.9. The zero-order valence-electron chi connectivity index (χ0n) is 18.0. The second-order valence-electron chi connectivity index (χ2n) is 8.00. The minimum Gasteiger partial charge on any atom is -0.459 e. The number of hydrogen-bond donors (Lipinski definition) is 1. The van der Waals surface area contributed by atoms with Gasteiger partial charge in [0, 0.05) is 0 Å². The van der Waals surface area contributed by atoms with Gasteiger partial charge in [0.2, 0.25) is 0 Å². The minimum atomic E-state index is -1.16. The molecule has 0 saturated heterocycles. The number of carbonyl (C=O) groups is 2. The van der Waals surface area contributed by atoms with Crippen molar-refractivity contribution in [3.63, 3.8) is 0 Å². The highest BCUT2D eigenvalue weighted by Gasteiger charge is 2.31. The monoisotopic (exact) mass is 435 g/mol. The van der Waals surface area contributed by atoms with Crippen LogP contribution in [-0.4, -0.2) is 29.8 Å². The topological polar surface area (TPSA) is 73.9 Å². The molecule has 2 atom stereocenters. The molecule has 0 spiro atoms. The fraction of sp³-hybridized carbons (Fsp3) is 0.391. The molecule has 0 unspecified atom stereocenters. The van der Waals surface area contributed by atoms with Gasteiger partial charge in [0.05, 0.1) is 12.7 Å². The lowest BCUT2D eigenvalue weighted by molar-refractivity contribution is -0.151. The van der Waals surface area contributed by atoms with E-state index in [1.165, 1.54) is 36.4 Å². The van der Waals surface area contributed by atoms with Gasteiger partial charge in [0.15, 0.2) is 6.04 Å². The average Bonchev–Trinajstić information content (AvgIpc) is 2.69. The first-order valence-corrected chi connectivity index (χ1v) is 9.80. The number of rotatable bonds is 8. The Kier molecular flexibility index (Phi) is 8.50. The lowest BCUT2D eigenvalue weighted by Gasteiger charge is -2.26. The van der Waals surface area contributed by atoms with Crippen molar-refractivity contribution in [3.8, 4) is 0 Å². The van der Waals surface area contributed by atoms with Gasteiger partial charge in [-0.1, -0.05) is 24.3 Å². The third kappa shape index (κ3) is 8.72. The number of amides is 1. The Balaban J connectivity index is 2.04. The van der Waals surface area contributed by atoms with Crippen LogP contribution in [0.4, 0.5) is 13.6 Å². The normalized spacial score (nSPS) is 13.2. The molecule has 0 saturated carbocycles. The number of nitrogens with one attached hydrogen (secondary N) is 1. The van der Waals surface area contributed by atoms with Gasteiger partial charge in [-0.25, -0.2) is 18.4 Å². The molecule has 0 aromatic heterocycles. The number of halogens is 2. The van der Waals surface area contributed by atoms with Crippen LogP contribution in [0.1, 0.15) is 38.8 Å². The van der Waals surface area contributed by atoms with Crippen LogP contribution in [0.3, 0.4) is 0 Å². The van der Waals surface area contributed by atoms with Crippen molar-refractivity contribution >= 4 is 12.1 Å². The van der Waals surface area contributed by atoms with Crippen LogP contribution in [-0.2, 0) is 32.2 Å². The standard InChI is InChI=1S/C23H27F2NO5/c1-15(29-13-16-5-9-18(24)10-6-16)20(26-22(28)31-23(2,3)4)21(27)30-14-17-7-11-19(25)12-8-17/h5-12,15,20H,13-14H2,1-4H3,(H,26,28)/t15-,20-/m0/s1. The van der Waals surface area contributed by atoms with Crippen LogP contribution < -0.4 is 5.32 Å².